The number of hydrogen-bond donors (Lipinski definition) is 1. The second kappa shape index (κ2) is 5.99. The Morgan fingerprint density at radius 1 is 1.28 bits per heavy atom. The minimum absolute atomic E-state index is 0.00842. The van der Waals surface area contributed by atoms with Crippen LogP contribution in [0.1, 0.15) is 17.5 Å². The van der Waals surface area contributed by atoms with E-state index >= 15 is 0 Å². The van der Waals surface area contributed by atoms with Crippen molar-refractivity contribution < 1.29 is 4.79 Å². The zero-order valence-corrected chi connectivity index (χ0v) is 10.5. The van der Waals surface area contributed by atoms with Crippen LogP contribution in [-0.4, -0.2) is 5.91 Å². The number of nitriles is 1. The molecule has 1 heterocycles. The van der Waals surface area contributed by atoms with Gasteiger partial charge in [-0.15, -0.1) is 0 Å². The van der Waals surface area contributed by atoms with Crippen LogP contribution >= 0.6 is 11.3 Å². The van der Waals surface area contributed by atoms with E-state index in [0.29, 0.717) is 12.0 Å². The average Bonchev–Trinajstić information content (AvgIpc) is 2.90. The first-order chi connectivity index (χ1) is 8.78. The van der Waals surface area contributed by atoms with E-state index in [1.807, 2.05) is 17.5 Å². The molecule has 3 nitrogen and oxygen atoms in total. The van der Waals surface area contributed by atoms with Crippen molar-refractivity contribution in [2.75, 3.05) is 5.32 Å². The molecule has 1 aromatic carbocycles. The zero-order valence-electron chi connectivity index (χ0n) is 9.72. The number of carbonyl (C=O) groups is 1. The summed E-state index contributed by atoms with van der Waals surface area (Å²) in [6.07, 6.45) is 1.22. The van der Waals surface area contributed by atoms with Crippen LogP contribution in [0.15, 0.2) is 41.1 Å². The molecule has 0 spiro atoms. The number of hydrogen-bond acceptors (Lipinski definition) is 3. The van der Waals surface area contributed by atoms with Crippen LogP contribution in [0.25, 0.3) is 0 Å². The Morgan fingerprint density at radius 2 is 2.06 bits per heavy atom. The first-order valence-corrected chi connectivity index (χ1v) is 6.53. The molecule has 0 radical (unpaired) electrons. The third-order valence-corrected chi connectivity index (χ3v) is 3.25. The van der Waals surface area contributed by atoms with E-state index < -0.39 is 0 Å². The van der Waals surface area contributed by atoms with Gasteiger partial charge in [-0.25, -0.2) is 0 Å². The lowest BCUT2D eigenvalue weighted by molar-refractivity contribution is -0.116. The van der Waals surface area contributed by atoms with Gasteiger partial charge in [0, 0.05) is 12.1 Å². The topological polar surface area (TPSA) is 52.9 Å². The average molecular weight is 256 g/mol. The predicted octanol–water partition coefficient (Wildman–Crippen LogP) is 3.19. The summed E-state index contributed by atoms with van der Waals surface area (Å²) in [5, 5.41) is 15.5. The Hall–Kier alpha value is -2.12. The molecule has 0 aliphatic heterocycles. The Bertz CT molecular complexity index is 552. The highest BCUT2D eigenvalue weighted by molar-refractivity contribution is 7.07. The second-order valence-electron chi connectivity index (χ2n) is 3.87. The van der Waals surface area contributed by atoms with Gasteiger partial charge in [0.1, 0.15) is 0 Å². The highest BCUT2D eigenvalue weighted by atomic mass is 32.1. The molecule has 0 saturated heterocycles. The van der Waals surface area contributed by atoms with Crippen molar-refractivity contribution in [2.45, 2.75) is 12.8 Å². The quantitative estimate of drug-likeness (QED) is 0.913. The van der Waals surface area contributed by atoms with E-state index in [-0.39, 0.29) is 5.91 Å². The van der Waals surface area contributed by atoms with Crippen LogP contribution in [0.2, 0.25) is 0 Å². The first kappa shape index (κ1) is 12.3. The SMILES string of the molecule is N#Cc1ccc(NC(=O)CCc2ccsc2)cc1. The fourth-order valence-electron chi connectivity index (χ4n) is 1.54. The smallest absolute Gasteiger partial charge is 0.224 e. The number of aryl methyl sites for hydroxylation is 1. The maximum atomic E-state index is 11.7. The lowest BCUT2D eigenvalue weighted by Crippen LogP contribution is -2.12. The lowest BCUT2D eigenvalue weighted by Gasteiger charge is -2.04. The summed E-state index contributed by atoms with van der Waals surface area (Å²) >= 11 is 1.64. The number of carbonyl (C=O) groups excluding carboxylic acids is 1. The van der Waals surface area contributed by atoms with Crippen LogP contribution in [0.3, 0.4) is 0 Å². The molecule has 0 atom stereocenters. The molecule has 0 aliphatic rings. The Morgan fingerprint density at radius 3 is 2.67 bits per heavy atom. The van der Waals surface area contributed by atoms with E-state index in [0.717, 1.165) is 12.1 Å². The van der Waals surface area contributed by atoms with Crippen molar-refractivity contribution in [3.8, 4) is 6.07 Å². The van der Waals surface area contributed by atoms with Gasteiger partial charge < -0.3 is 5.32 Å². The van der Waals surface area contributed by atoms with Crippen LogP contribution in [0.4, 0.5) is 5.69 Å². The van der Waals surface area contributed by atoms with Gasteiger partial charge in [0.05, 0.1) is 11.6 Å². The van der Waals surface area contributed by atoms with Gasteiger partial charge in [0.2, 0.25) is 5.91 Å². The van der Waals surface area contributed by atoms with Crippen LogP contribution in [0, 0.1) is 11.3 Å². The minimum atomic E-state index is -0.00842. The van der Waals surface area contributed by atoms with Gasteiger partial charge in [-0.1, -0.05) is 0 Å². The standard InChI is InChI=1S/C14H12N2OS/c15-9-11-1-4-13(5-2-11)16-14(17)6-3-12-7-8-18-10-12/h1-2,4-5,7-8,10H,3,6H2,(H,16,17). The maximum Gasteiger partial charge on any atom is 0.224 e. The summed E-state index contributed by atoms with van der Waals surface area (Å²) in [5.74, 6) is -0.00842. The number of thiophene rings is 1. The molecular formula is C14H12N2OS. The molecule has 1 amide bonds. The molecule has 90 valence electrons. The van der Waals surface area contributed by atoms with Crippen molar-refractivity contribution in [1.82, 2.24) is 0 Å². The fraction of sp³-hybridized carbons (Fsp3) is 0.143. The monoisotopic (exact) mass is 256 g/mol. The molecule has 2 aromatic rings. The number of nitrogens with zero attached hydrogens (tertiary/aromatic N) is 1. The summed E-state index contributed by atoms with van der Waals surface area (Å²) in [6, 6.07) is 10.9. The van der Waals surface area contributed by atoms with Crippen LogP contribution in [-0.2, 0) is 11.2 Å². The van der Waals surface area contributed by atoms with Gasteiger partial charge in [-0.05, 0) is 53.1 Å². The van der Waals surface area contributed by atoms with Crippen LogP contribution in [0.5, 0.6) is 0 Å². The molecule has 0 saturated carbocycles. The molecular weight excluding hydrogens is 244 g/mol. The number of rotatable bonds is 4. The van der Waals surface area contributed by atoms with E-state index in [2.05, 4.69) is 10.7 Å². The molecule has 1 N–H and O–H groups in total. The molecule has 0 bridgehead atoms. The number of amides is 1. The normalized spacial score (nSPS) is 9.72. The second-order valence-corrected chi connectivity index (χ2v) is 4.65. The minimum Gasteiger partial charge on any atom is -0.326 e. The molecule has 0 fully saturated rings. The number of benzene rings is 1. The highest BCUT2D eigenvalue weighted by Crippen LogP contribution is 2.11. The lowest BCUT2D eigenvalue weighted by atomic mass is 10.2. The van der Waals surface area contributed by atoms with Gasteiger partial charge in [-0.3, -0.25) is 4.79 Å². The van der Waals surface area contributed by atoms with E-state index in [9.17, 15) is 4.79 Å². The molecule has 4 heteroatoms. The zero-order chi connectivity index (χ0) is 12.8. The van der Waals surface area contributed by atoms with Gasteiger partial charge in [0.15, 0.2) is 0 Å². The van der Waals surface area contributed by atoms with Crippen molar-refractivity contribution in [3.05, 3.63) is 52.2 Å². The summed E-state index contributed by atoms with van der Waals surface area (Å²) < 4.78 is 0. The van der Waals surface area contributed by atoms with Gasteiger partial charge in [-0.2, -0.15) is 16.6 Å². The maximum absolute atomic E-state index is 11.7. The molecule has 1 aromatic heterocycles. The van der Waals surface area contributed by atoms with Crippen LogP contribution < -0.4 is 5.32 Å². The van der Waals surface area contributed by atoms with E-state index in [1.54, 1.807) is 35.6 Å². The predicted molar refractivity (Wildman–Crippen MR) is 72.4 cm³/mol. The van der Waals surface area contributed by atoms with Crippen molar-refractivity contribution >= 4 is 22.9 Å². The molecule has 0 aliphatic carbocycles. The number of anilines is 1. The van der Waals surface area contributed by atoms with Crippen molar-refractivity contribution in [2.24, 2.45) is 0 Å². The molecule has 2 rings (SSSR count). The molecule has 0 unspecified atom stereocenters. The Labute approximate surface area is 110 Å². The number of nitrogens with one attached hydrogen (secondary N) is 1. The summed E-state index contributed by atoms with van der Waals surface area (Å²) in [5.41, 5.74) is 2.51. The fourth-order valence-corrected chi connectivity index (χ4v) is 2.25. The summed E-state index contributed by atoms with van der Waals surface area (Å²) in [7, 11) is 0. The highest BCUT2D eigenvalue weighted by Gasteiger charge is 2.03. The summed E-state index contributed by atoms with van der Waals surface area (Å²) in [6.45, 7) is 0. The van der Waals surface area contributed by atoms with E-state index in [4.69, 9.17) is 5.26 Å². The first-order valence-electron chi connectivity index (χ1n) is 5.59. The third-order valence-electron chi connectivity index (χ3n) is 2.52. The van der Waals surface area contributed by atoms with E-state index in [1.165, 1.54) is 5.56 Å². The largest absolute Gasteiger partial charge is 0.326 e. The Kier molecular flexibility index (Phi) is 4.11. The summed E-state index contributed by atoms with van der Waals surface area (Å²) in [4.78, 5) is 11.7. The third kappa shape index (κ3) is 3.44. The Balaban J connectivity index is 1.85. The van der Waals surface area contributed by atoms with Gasteiger partial charge >= 0.3 is 0 Å². The van der Waals surface area contributed by atoms with Crippen molar-refractivity contribution in [3.63, 3.8) is 0 Å². The van der Waals surface area contributed by atoms with Gasteiger partial charge in [0.25, 0.3) is 0 Å². The van der Waals surface area contributed by atoms with Crippen molar-refractivity contribution in [1.29, 1.82) is 5.26 Å². The molecule has 18 heavy (non-hydrogen) atoms.